The highest BCUT2D eigenvalue weighted by Gasteiger charge is 2.13. The third-order valence-electron chi connectivity index (χ3n) is 2.99. The molecule has 2 aromatic rings. The van der Waals surface area contributed by atoms with E-state index in [2.05, 4.69) is 0 Å². The van der Waals surface area contributed by atoms with Gasteiger partial charge in [-0.05, 0) is 17.7 Å². The van der Waals surface area contributed by atoms with E-state index in [9.17, 15) is 9.50 Å². The highest BCUT2D eigenvalue weighted by Crippen LogP contribution is 2.26. The number of hydrogen-bond donors (Lipinski definition) is 1. The first kappa shape index (κ1) is 13.8. The normalized spacial score (nSPS) is 10.5. The Morgan fingerprint density at radius 2 is 1.79 bits per heavy atom. The van der Waals surface area contributed by atoms with Gasteiger partial charge >= 0.3 is 0 Å². The number of anilines is 1. The van der Waals surface area contributed by atoms with Gasteiger partial charge in [0.25, 0.3) is 0 Å². The molecule has 0 spiro atoms. The highest BCUT2D eigenvalue weighted by molar-refractivity contribution is 6.31. The Morgan fingerprint density at radius 3 is 2.47 bits per heavy atom. The molecule has 0 aliphatic carbocycles. The summed E-state index contributed by atoms with van der Waals surface area (Å²) < 4.78 is 13.9. The van der Waals surface area contributed by atoms with Crippen molar-refractivity contribution in [2.75, 3.05) is 11.9 Å². The van der Waals surface area contributed by atoms with Gasteiger partial charge in [-0.25, -0.2) is 4.39 Å². The van der Waals surface area contributed by atoms with Gasteiger partial charge < -0.3 is 10.0 Å². The van der Waals surface area contributed by atoms with Crippen molar-refractivity contribution in [2.24, 2.45) is 0 Å². The molecule has 0 atom stereocenters. The number of para-hydroxylation sites is 1. The van der Waals surface area contributed by atoms with E-state index in [1.54, 1.807) is 30.1 Å². The summed E-state index contributed by atoms with van der Waals surface area (Å²) in [7, 11) is 1.78. The molecular formula is C15H15ClFNO. The number of rotatable bonds is 4. The number of hydrogen-bond acceptors (Lipinski definition) is 2. The number of aliphatic hydroxyl groups excluding tert-OH is 1. The first-order valence-corrected chi connectivity index (χ1v) is 6.34. The van der Waals surface area contributed by atoms with Crippen LogP contribution in [0.5, 0.6) is 0 Å². The van der Waals surface area contributed by atoms with E-state index in [4.69, 9.17) is 11.6 Å². The number of nitrogens with zero attached hydrogens (tertiary/aromatic N) is 1. The molecule has 0 amide bonds. The Bertz CT molecular complexity index is 574. The highest BCUT2D eigenvalue weighted by atomic mass is 35.5. The standard InChI is InChI=1S/C15H15ClFNO/c1-18(9-11-5-2-3-7-13(11)16)15-12(10-19)6-4-8-14(15)17/h2-8,19H,9-10H2,1H3. The number of benzene rings is 2. The molecule has 1 N–H and O–H groups in total. The molecule has 19 heavy (non-hydrogen) atoms. The van der Waals surface area contributed by atoms with Gasteiger partial charge in [-0.3, -0.25) is 0 Å². The molecular weight excluding hydrogens is 265 g/mol. The zero-order valence-electron chi connectivity index (χ0n) is 10.6. The van der Waals surface area contributed by atoms with Crippen molar-refractivity contribution in [3.63, 3.8) is 0 Å². The Morgan fingerprint density at radius 1 is 1.11 bits per heavy atom. The minimum Gasteiger partial charge on any atom is -0.392 e. The second kappa shape index (κ2) is 6.04. The van der Waals surface area contributed by atoms with Crippen LogP contribution >= 0.6 is 11.6 Å². The maximum absolute atomic E-state index is 13.9. The summed E-state index contributed by atoms with van der Waals surface area (Å²) in [6.45, 7) is 0.285. The van der Waals surface area contributed by atoms with E-state index >= 15 is 0 Å². The van der Waals surface area contributed by atoms with Crippen LogP contribution in [0.1, 0.15) is 11.1 Å². The lowest BCUT2D eigenvalue weighted by Gasteiger charge is -2.23. The lowest BCUT2D eigenvalue weighted by molar-refractivity contribution is 0.281. The molecule has 2 aromatic carbocycles. The topological polar surface area (TPSA) is 23.5 Å². The molecule has 2 rings (SSSR count). The molecule has 0 aromatic heterocycles. The van der Waals surface area contributed by atoms with Crippen LogP contribution in [0.2, 0.25) is 5.02 Å². The van der Waals surface area contributed by atoms with Gasteiger partial charge in [0.05, 0.1) is 12.3 Å². The summed E-state index contributed by atoms with van der Waals surface area (Å²) in [6.07, 6.45) is 0. The van der Waals surface area contributed by atoms with Crippen molar-refractivity contribution in [3.8, 4) is 0 Å². The van der Waals surface area contributed by atoms with Crippen molar-refractivity contribution >= 4 is 17.3 Å². The second-order valence-electron chi connectivity index (χ2n) is 4.35. The fraction of sp³-hybridized carbons (Fsp3) is 0.200. The maximum atomic E-state index is 13.9. The summed E-state index contributed by atoms with van der Waals surface area (Å²) in [5, 5.41) is 9.94. The fourth-order valence-electron chi connectivity index (χ4n) is 2.08. The first-order valence-electron chi connectivity index (χ1n) is 5.96. The van der Waals surface area contributed by atoms with Crippen LogP contribution in [0, 0.1) is 5.82 Å². The summed E-state index contributed by atoms with van der Waals surface area (Å²) >= 11 is 6.10. The van der Waals surface area contributed by atoms with Crippen LogP contribution in [0.25, 0.3) is 0 Å². The number of aliphatic hydroxyl groups is 1. The molecule has 0 aliphatic heterocycles. The van der Waals surface area contributed by atoms with E-state index in [1.165, 1.54) is 6.07 Å². The average Bonchev–Trinajstić information content (AvgIpc) is 2.40. The third kappa shape index (κ3) is 3.06. The zero-order chi connectivity index (χ0) is 13.8. The van der Waals surface area contributed by atoms with Crippen LogP contribution in [0.15, 0.2) is 42.5 Å². The average molecular weight is 280 g/mol. The van der Waals surface area contributed by atoms with Gasteiger partial charge in [-0.2, -0.15) is 0 Å². The van der Waals surface area contributed by atoms with Gasteiger partial charge in [-0.15, -0.1) is 0 Å². The molecule has 0 saturated carbocycles. The smallest absolute Gasteiger partial charge is 0.146 e. The Kier molecular flexibility index (Phi) is 4.40. The monoisotopic (exact) mass is 279 g/mol. The first-order chi connectivity index (χ1) is 9.13. The molecule has 0 radical (unpaired) electrons. The molecule has 0 heterocycles. The van der Waals surface area contributed by atoms with Gasteiger partial charge in [0.2, 0.25) is 0 Å². The Labute approximate surface area is 117 Å². The largest absolute Gasteiger partial charge is 0.392 e. The molecule has 0 aliphatic rings. The van der Waals surface area contributed by atoms with Crippen LogP contribution in [0.3, 0.4) is 0 Å². The predicted octanol–water partition coefficient (Wildman–Crippen LogP) is 3.61. The Balaban J connectivity index is 2.30. The van der Waals surface area contributed by atoms with Crippen molar-refractivity contribution in [2.45, 2.75) is 13.2 Å². The second-order valence-corrected chi connectivity index (χ2v) is 4.76. The van der Waals surface area contributed by atoms with Crippen molar-refractivity contribution in [3.05, 3.63) is 64.4 Å². The van der Waals surface area contributed by atoms with Crippen LogP contribution < -0.4 is 4.90 Å². The summed E-state index contributed by atoms with van der Waals surface area (Å²) in [4.78, 5) is 1.75. The molecule has 100 valence electrons. The van der Waals surface area contributed by atoms with Crippen LogP contribution in [-0.4, -0.2) is 12.2 Å². The maximum Gasteiger partial charge on any atom is 0.146 e. The minimum atomic E-state index is -0.346. The van der Waals surface area contributed by atoms with Gasteiger partial charge in [0.1, 0.15) is 5.82 Å². The molecule has 0 bridgehead atoms. The van der Waals surface area contributed by atoms with E-state index in [0.29, 0.717) is 22.8 Å². The van der Waals surface area contributed by atoms with Crippen molar-refractivity contribution < 1.29 is 9.50 Å². The predicted molar refractivity (Wildman–Crippen MR) is 75.9 cm³/mol. The van der Waals surface area contributed by atoms with E-state index in [0.717, 1.165) is 5.56 Å². The summed E-state index contributed by atoms with van der Waals surface area (Å²) in [5.41, 5.74) is 1.89. The van der Waals surface area contributed by atoms with Crippen LogP contribution in [0.4, 0.5) is 10.1 Å². The molecule has 0 fully saturated rings. The van der Waals surface area contributed by atoms with E-state index in [-0.39, 0.29) is 12.4 Å². The van der Waals surface area contributed by atoms with Crippen molar-refractivity contribution in [1.29, 1.82) is 0 Å². The van der Waals surface area contributed by atoms with Gasteiger partial charge in [0, 0.05) is 24.2 Å². The van der Waals surface area contributed by atoms with Crippen LogP contribution in [-0.2, 0) is 13.2 Å². The lowest BCUT2D eigenvalue weighted by atomic mass is 10.1. The summed E-state index contributed by atoms with van der Waals surface area (Å²) in [5.74, 6) is -0.346. The summed E-state index contributed by atoms with van der Waals surface area (Å²) in [6, 6.07) is 12.1. The van der Waals surface area contributed by atoms with Crippen molar-refractivity contribution in [1.82, 2.24) is 0 Å². The fourth-order valence-corrected chi connectivity index (χ4v) is 2.27. The quantitative estimate of drug-likeness (QED) is 0.924. The lowest BCUT2D eigenvalue weighted by Crippen LogP contribution is -2.19. The van der Waals surface area contributed by atoms with E-state index in [1.807, 2.05) is 18.2 Å². The SMILES string of the molecule is CN(Cc1ccccc1Cl)c1c(F)cccc1CO. The van der Waals surface area contributed by atoms with Gasteiger partial charge in [0.15, 0.2) is 0 Å². The molecule has 0 saturated heterocycles. The zero-order valence-corrected chi connectivity index (χ0v) is 11.4. The van der Waals surface area contributed by atoms with Gasteiger partial charge in [-0.1, -0.05) is 41.9 Å². The minimum absolute atomic E-state index is 0.194. The molecule has 4 heteroatoms. The van der Waals surface area contributed by atoms with E-state index < -0.39 is 0 Å². The molecule has 0 unspecified atom stereocenters. The molecule has 2 nitrogen and oxygen atoms in total. The Hall–Kier alpha value is -1.58. The third-order valence-corrected chi connectivity index (χ3v) is 3.36. The number of halogens is 2.